The molecule has 0 spiro atoms. The van der Waals surface area contributed by atoms with E-state index in [9.17, 15) is 0 Å². The fourth-order valence-corrected chi connectivity index (χ4v) is 1.42. The van der Waals surface area contributed by atoms with Gasteiger partial charge in [0, 0.05) is 24.6 Å². The van der Waals surface area contributed by atoms with Gasteiger partial charge in [-0.25, -0.2) is 19.9 Å². The third kappa shape index (κ3) is 2.38. The van der Waals surface area contributed by atoms with Gasteiger partial charge in [-0.05, 0) is 26.1 Å². The SMILES string of the molecule is CNCc1cc(C)nc(-c2ncccn2)n1. The number of aromatic nitrogens is 4. The highest BCUT2D eigenvalue weighted by atomic mass is 15.0. The van der Waals surface area contributed by atoms with Crippen molar-refractivity contribution in [1.29, 1.82) is 0 Å². The van der Waals surface area contributed by atoms with Crippen LogP contribution in [0.5, 0.6) is 0 Å². The van der Waals surface area contributed by atoms with Crippen molar-refractivity contribution >= 4 is 0 Å². The summed E-state index contributed by atoms with van der Waals surface area (Å²) < 4.78 is 0. The van der Waals surface area contributed by atoms with E-state index in [1.165, 1.54) is 0 Å². The van der Waals surface area contributed by atoms with E-state index in [0.717, 1.165) is 11.4 Å². The fourth-order valence-electron chi connectivity index (χ4n) is 1.42. The minimum absolute atomic E-state index is 0.559. The Bertz CT molecular complexity index is 469. The van der Waals surface area contributed by atoms with E-state index < -0.39 is 0 Å². The molecule has 82 valence electrons. The van der Waals surface area contributed by atoms with Gasteiger partial charge in [-0.3, -0.25) is 0 Å². The Labute approximate surface area is 94.0 Å². The quantitative estimate of drug-likeness (QED) is 0.826. The van der Waals surface area contributed by atoms with Crippen molar-refractivity contribution in [2.24, 2.45) is 0 Å². The maximum absolute atomic E-state index is 4.39. The second-order valence-corrected chi connectivity index (χ2v) is 3.43. The third-order valence-corrected chi connectivity index (χ3v) is 2.03. The van der Waals surface area contributed by atoms with Crippen LogP contribution in [-0.4, -0.2) is 27.0 Å². The van der Waals surface area contributed by atoms with E-state index >= 15 is 0 Å². The molecule has 0 aromatic carbocycles. The number of aryl methyl sites for hydroxylation is 1. The fraction of sp³-hybridized carbons (Fsp3) is 0.273. The van der Waals surface area contributed by atoms with E-state index in [1.807, 2.05) is 20.0 Å². The summed E-state index contributed by atoms with van der Waals surface area (Å²) in [5.74, 6) is 1.13. The zero-order valence-electron chi connectivity index (χ0n) is 9.31. The van der Waals surface area contributed by atoms with E-state index in [-0.39, 0.29) is 0 Å². The molecule has 0 bridgehead atoms. The minimum Gasteiger partial charge on any atom is -0.314 e. The van der Waals surface area contributed by atoms with Crippen LogP contribution in [0.4, 0.5) is 0 Å². The second-order valence-electron chi connectivity index (χ2n) is 3.43. The number of rotatable bonds is 3. The lowest BCUT2D eigenvalue weighted by atomic mass is 10.3. The van der Waals surface area contributed by atoms with Gasteiger partial charge in [0.15, 0.2) is 11.6 Å². The smallest absolute Gasteiger partial charge is 0.198 e. The molecule has 0 fully saturated rings. The van der Waals surface area contributed by atoms with Crippen molar-refractivity contribution in [3.05, 3.63) is 35.9 Å². The molecule has 2 rings (SSSR count). The van der Waals surface area contributed by atoms with Crippen LogP contribution in [0.3, 0.4) is 0 Å². The molecule has 0 amide bonds. The zero-order chi connectivity index (χ0) is 11.4. The first kappa shape index (κ1) is 10.6. The van der Waals surface area contributed by atoms with Crippen LogP contribution < -0.4 is 5.32 Å². The van der Waals surface area contributed by atoms with Crippen LogP contribution >= 0.6 is 0 Å². The maximum atomic E-state index is 4.39. The molecule has 2 heterocycles. The summed E-state index contributed by atoms with van der Waals surface area (Å²) in [6.45, 7) is 2.65. The highest BCUT2D eigenvalue weighted by Crippen LogP contribution is 2.09. The van der Waals surface area contributed by atoms with Gasteiger partial charge in [0.05, 0.1) is 5.69 Å². The molecule has 0 aliphatic heterocycles. The van der Waals surface area contributed by atoms with E-state index in [2.05, 4.69) is 25.3 Å². The largest absolute Gasteiger partial charge is 0.314 e. The van der Waals surface area contributed by atoms with Crippen LogP contribution in [0, 0.1) is 6.92 Å². The third-order valence-electron chi connectivity index (χ3n) is 2.03. The highest BCUT2D eigenvalue weighted by Gasteiger charge is 2.06. The summed E-state index contributed by atoms with van der Waals surface area (Å²) in [5, 5.41) is 3.06. The molecule has 5 nitrogen and oxygen atoms in total. The highest BCUT2D eigenvalue weighted by molar-refractivity contribution is 5.42. The summed E-state index contributed by atoms with van der Waals surface area (Å²) in [7, 11) is 1.89. The Morgan fingerprint density at radius 2 is 1.88 bits per heavy atom. The summed E-state index contributed by atoms with van der Waals surface area (Å²) in [6, 6.07) is 3.72. The maximum Gasteiger partial charge on any atom is 0.198 e. The molecule has 0 saturated heterocycles. The average molecular weight is 215 g/mol. The molecule has 2 aromatic rings. The standard InChI is InChI=1S/C11H13N5/c1-8-6-9(7-12-2)16-11(15-8)10-13-4-3-5-14-10/h3-6,12H,7H2,1-2H3. The van der Waals surface area contributed by atoms with E-state index in [0.29, 0.717) is 18.2 Å². The zero-order valence-corrected chi connectivity index (χ0v) is 9.31. The summed E-state index contributed by atoms with van der Waals surface area (Å²) in [5.41, 5.74) is 1.86. The molecule has 0 radical (unpaired) electrons. The average Bonchev–Trinajstić information content (AvgIpc) is 2.30. The molecular formula is C11H13N5. The van der Waals surface area contributed by atoms with Crippen molar-refractivity contribution in [2.45, 2.75) is 13.5 Å². The topological polar surface area (TPSA) is 63.6 Å². The Balaban J connectivity index is 2.41. The van der Waals surface area contributed by atoms with Gasteiger partial charge in [-0.2, -0.15) is 0 Å². The molecule has 0 aliphatic rings. The summed E-state index contributed by atoms with van der Waals surface area (Å²) >= 11 is 0. The predicted octanol–water partition coefficient (Wildman–Crippen LogP) is 0.961. The number of hydrogen-bond donors (Lipinski definition) is 1. The van der Waals surface area contributed by atoms with Gasteiger partial charge in [-0.1, -0.05) is 0 Å². The molecule has 16 heavy (non-hydrogen) atoms. The summed E-state index contributed by atoms with van der Waals surface area (Å²) in [6.07, 6.45) is 3.37. The van der Waals surface area contributed by atoms with Gasteiger partial charge < -0.3 is 5.32 Å². The Hall–Kier alpha value is -1.88. The minimum atomic E-state index is 0.559. The van der Waals surface area contributed by atoms with Gasteiger partial charge in [0.1, 0.15) is 0 Å². The van der Waals surface area contributed by atoms with Crippen LogP contribution in [0.15, 0.2) is 24.5 Å². The first-order valence-electron chi connectivity index (χ1n) is 5.06. The molecule has 2 aromatic heterocycles. The normalized spacial score (nSPS) is 10.4. The van der Waals surface area contributed by atoms with Crippen molar-refractivity contribution in [1.82, 2.24) is 25.3 Å². The lowest BCUT2D eigenvalue weighted by molar-refractivity contribution is 0.783. The number of nitrogens with zero attached hydrogens (tertiary/aromatic N) is 4. The van der Waals surface area contributed by atoms with Gasteiger partial charge in [0.2, 0.25) is 0 Å². The Kier molecular flexibility index (Phi) is 3.16. The van der Waals surface area contributed by atoms with Crippen molar-refractivity contribution in [3.63, 3.8) is 0 Å². The number of hydrogen-bond acceptors (Lipinski definition) is 5. The van der Waals surface area contributed by atoms with Gasteiger partial charge in [-0.15, -0.1) is 0 Å². The first-order valence-corrected chi connectivity index (χ1v) is 5.06. The molecular weight excluding hydrogens is 202 g/mol. The van der Waals surface area contributed by atoms with Gasteiger partial charge >= 0.3 is 0 Å². The van der Waals surface area contributed by atoms with Crippen LogP contribution in [0.25, 0.3) is 11.6 Å². The van der Waals surface area contributed by atoms with Gasteiger partial charge in [0.25, 0.3) is 0 Å². The predicted molar refractivity (Wildman–Crippen MR) is 60.6 cm³/mol. The lowest BCUT2D eigenvalue weighted by Crippen LogP contribution is -2.09. The van der Waals surface area contributed by atoms with Crippen molar-refractivity contribution in [2.75, 3.05) is 7.05 Å². The van der Waals surface area contributed by atoms with E-state index in [1.54, 1.807) is 18.5 Å². The Morgan fingerprint density at radius 1 is 1.12 bits per heavy atom. The molecule has 0 saturated carbocycles. The number of nitrogens with one attached hydrogen (secondary N) is 1. The second kappa shape index (κ2) is 4.76. The molecule has 5 heteroatoms. The molecule has 0 aliphatic carbocycles. The van der Waals surface area contributed by atoms with E-state index in [4.69, 9.17) is 0 Å². The lowest BCUT2D eigenvalue weighted by Gasteiger charge is -2.04. The summed E-state index contributed by atoms with van der Waals surface area (Å²) in [4.78, 5) is 17.0. The molecule has 0 unspecified atom stereocenters. The van der Waals surface area contributed by atoms with Crippen LogP contribution in [-0.2, 0) is 6.54 Å². The first-order chi connectivity index (χ1) is 7.79. The monoisotopic (exact) mass is 215 g/mol. The Morgan fingerprint density at radius 3 is 2.56 bits per heavy atom. The molecule has 0 atom stereocenters. The molecule has 1 N–H and O–H groups in total. The van der Waals surface area contributed by atoms with Crippen LogP contribution in [0.2, 0.25) is 0 Å². The van der Waals surface area contributed by atoms with Crippen molar-refractivity contribution < 1.29 is 0 Å². The van der Waals surface area contributed by atoms with Crippen LogP contribution in [0.1, 0.15) is 11.4 Å². The van der Waals surface area contributed by atoms with Crippen molar-refractivity contribution in [3.8, 4) is 11.6 Å².